The molecule has 12 heavy (non-hydrogen) atoms. The van der Waals surface area contributed by atoms with E-state index < -0.39 is 0 Å². The van der Waals surface area contributed by atoms with Crippen LogP contribution in [0.4, 0.5) is 0 Å². The second-order valence-electron chi connectivity index (χ2n) is 3.27. The molecule has 0 radical (unpaired) electrons. The van der Waals surface area contributed by atoms with E-state index in [1.165, 1.54) is 38.6 Å². The fraction of sp³-hybridized carbons (Fsp3) is 1.00. The maximum atomic E-state index is 3.44. The highest BCUT2D eigenvalue weighted by Gasteiger charge is 1.88. The van der Waals surface area contributed by atoms with Gasteiger partial charge in [0, 0.05) is 0 Å². The Kier molecular flexibility index (Phi) is 10.8. The zero-order chi connectivity index (χ0) is 9.07. The maximum absolute atomic E-state index is 3.44. The average Bonchev–Trinajstić information content (AvgIpc) is 2.10. The van der Waals surface area contributed by atoms with E-state index in [-0.39, 0.29) is 0 Å². The first-order chi connectivity index (χ1) is 5.91. The minimum Gasteiger partial charge on any atom is -0.320 e. The summed E-state index contributed by atoms with van der Waals surface area (Å²) in [6.45, 7) is 5.74. The van der Waals surface area contributed by atoms with Crippen LogP contribution in [-0.2, 0) is 0 Å². The molecule has 0 heterocycles. The van der Waals surface area contributed by atoms with Gasteiger partial charge in [0.05, 0.1) is 0 Å². The summed E-state index contributed by atoms with van der Waals surface area (Å²) >= 11 is 0. The van der Waals surface area contributed by atoms with Crippen LogP contribution in [0.1, 0.15) is 39.0 Å². The van der Waals surface area contributed by atoms with E-state index in [0.29, 0.717) is 0 Å². The van der Waals surface area contributed by atoms with Crippen molar-refractivity contribution in [1.82, 2.24) is 10.6 Å². The van der Waals surface area contributed by atoms with Crippen LogP contribution in [0.3, 0.4) is 0 Å². The lowest BCUT2D eigenvalue weighted by Gasteiger charge is -2.03. The molecule has 2 heteroatoms. The quantitative estimate of drug-likeness (QED) is 0.518. The Labute approximate surface area is 77.1 Å². The van der Waals surface area contributed by atoms with Gasteiger partial charge in [0.1, 0.15) is 0 Å². The van der Waals surface area contributed by atoms with Crippen molar-refractivity contribution < 1.29 is 0 Å². The predicted molar refractivity (Wildman–Crippen MR) is 55.6 cm³/mol. The van der Waals surface area contributed by atoms with Gasteiger partial charge in [0.15, 0.2) is 0 Å². The fourth-order valence-electron chi connectivity index (χ4n) is 1.19. The average molecular weight is 172 g/mol. The minimum atomic E-state index is 1.13. The third kappa shape index (κ3) is 9.92. The predicted octanol–water partition coefficient (Wildman–Crippen LogP) is 1.77. The summed E-state index contributed by atoms with van der Waals surface area (Å²) in [4.78, 5) is 0. The molecule has 0 aromatic heterocycles. The van der Waals surface area contributed by atoms with E-state index >= 15 is 0 Å². The molecule has 0 aliphatic carbocycles. The number of unbranched alkanes of at least 4 members (excludes halogenated alkanes) is 3. The van der Waals surface area contributed by atoms with Crippen molar-refractivity contribution in [2.75, 3.05) is 26.7 Å². The molecule has 0 saturated carbocycles. The van der Waals surface area contributed by atoms with Gasteiger partial charge in [-0.2, -0.15) is 0 Å². The molecule has 0 aromatic rings. The highest BCUT2D eigenvalue weighted by Crippen LogP contribution is 1.96. The van der Waals surface area contributed by atoms with E-state index in [9.17, 15) is 0 Å². The Morgan fingerprint density at radius 1 is 0.833 bits per heavy atom. The van der Waals surface area contributed by atoms with Gasteiger partial charge in [-0.05, 0) is 39.5 Å². The van der Waals surface area contributed by atoms with Crippen LogP contribution in [-0.4, -0.2) is 26.7 Å². The van der Waals surface area contributed by atoms with Gasteiger partial charge in [0.25, 0.3) is 0 Å². The molecule has 2 N–H and O–H groups in total. The third-order valence-corrected chi connectivity index (χ3v) is 1.99. The van der Waals surface area contributed by atoms with Gasteiger partial charge < -0.3 is 10.6 Å². The summed E-state index contributed by atoms with van der Waals surface area (Å²) in [7, 11) is 2.00. The summed E-state index contributed by atoms with van der Waals surface area (Å²) in [6, 6.07) is 0. The number of nitrogens with one attached hydrogen (secondary N) is 2. The lowest BCUT2D eigenvalue weighted by atomic mass is 10.2. The van der Waals surface area contributed by atoms with Crippen LogP contribution in [0.25, 0.3) is 0 Å². The third-order valence-electron chi connectivity index (χ3n) is 1.99. The number of rotatable bonds is 9. The van der Waals surface area contributed by atoms with E-state index in [0.717, 1.165) is 13.1 Å². The molecule has 0 fully saturated rings. The summed E-state index contributed by atoms with van der Waals surface area (Å²) in [6.07, 6.45) is 6.69. The molecule has 2 nitrogen and oxygen atoms in total. The molecular weight excluding hydrogens is 148 g/mol. The van der Waals surface area contributed by atoms with Crippen LogP contribution in [0.5, 0.6) is 0 Å². The number of hydrogen-bond acceptors (Lipinski definition) is 2. The zero-order valence-corrected chi connectivity index (χ0v) is 8.66. The largest absolute Gasteiger partial charge is 0.320 e. The van der Waals surface area contributed by atoms with Crippen molar-refractivity contribution in [3.8, 4) is 0 Å². The monoisotopic (exact) mass is 172 g/mol. The maximum Gasteiger partial charge on any atom is -0.00368 e. The van der Waals surface area contributed by atoms with Crippen molar-refractivity contribution in [2.24, 2.45) is 0 Å². The zero-order valence-electron chi connectivity index (χ0n) is 8.66. The second kappa shape index (κ2) is 10.9. The second-order valence-corrected chi connectivity index (χ2v) is 3.27. The van der Waals surface area contributed by atoms with Crippen LogP contribution in [0, 0.1) is 0 Å². The smallest absolute Gasteiger partial charge is 0.00368 e. The molecule has 0 aliphatic heterocycles. The summed E-state index contributed by atoms with van der Waals surface area (Å²) in [5.74, 6) is 0. The van der Waals surface area contributed by atoms with Gasteiger partial charge in [-0.3, -0.25) is 0 Å². The van der Waals surface area contributed by atoms with Crippen molar-refractivity contribution >= 4 is 0 Å². The van der Waals surface area contributed by atoms with Crippen LogP contribution < -0.4 is 10.6 Å². The first kappa shape index (κ1) is 11.9. The molecule has 0 unspecified atom stereocenters. The molecule has 0 saturated heterocycles. The molecule has 0 aromatic carbocycles. The molecule has 0 aliphatic rings. The first-order valence-corrected chi connectivity index (χ1v) is 5.27. The number of hydrogen-bond donors (Lipinski definition) is 2. The highest BCUT2D eigenvalue weighted by molar-refractivity contribution is 4.50. The van der Waals surface area contributed by atoms with Gasteiger partial charge >= 0.3 is 0 Å². The van der Waals surface area contributed by atoms with Crippen molar-refractivity contribution in [3.63, 3.8) is 0 Å². The van der Waals surface area contributed by atoms with Gasteiger partial charge in [0.2, 0.25) is 0 Å². The normalized spacial score (nSPS) is 10.5. The van der Waals surface area contributed by atoms with Crippen LogP contribution in [0.2, 0.25) is 0 Å². The molecule has 0 rings (SSSR count). The Hall–Kier alpha value is -0.0800. The molecule has 0 bridgehead atoms. The summed E-state index contributed by atoms with van der Waals surface area (Å²) in [5, 5.41) is 6.58. The van der Waals surface area contributed by atoms with Crippen LogP contribution >= 0.6 is 0 Å². The minimum absolute atomic E-state index is 1.13. The Morgan fingerprint density at radius 2 is 1.58 bits per heavy atom. The molecule has 0 amide bonds. The first-order valence-electron chi connectivity index (χ1n) is 5.27. The molecule has 74 valence electrons. The van der Waals surface area contributed by atoms with Gasteiger partial charge in [-0.15, -0.1) is 0 Å². The van der Waals surface area contributed by atoms with E-state index in [1.807, 2.05) is 7.05 Å². The molecule has 0 atom stereocenters. The van der Waals surface area contributed by atoms with E-state index in [2.05, 4.69) is 17.6 Å². The highest BCUT2D eigenvalue weighted by atomic mass is 14.9. The summed E-state index contributed by atoms with van der Waals surface area (Å²) < 4.78 is 0. The van der Waals surface area contributed by atoms with Crippen molar-refractivity contribution in [3.05, 3.63) is 0 Å². The van der Waals surface area contributed by atoms with E-state index in [4.69, 9.17) is 0 Å². The lowest BCUT2D eigenvalue weighted by Crippen LogP contribution is -2.20. The van der Waals surface area contributed by atoms with Crippen molar-refractivity contribution in [1.29, 1.82) is 0 Å². The lowest BCUT2D eigenvalue weighted by molar-refractivity contribution is 0.577. The van der Waals surface area contributed by atoms with Crippen molar-refractivity contribution in [2.45, 2.75) is 39.0 Å². The van der Waals surface area contributed by atoms with Crippen LogP contribution in [0.15, 0.2) is 0 Å². The summed E-state index contributed by atoms with van der Waals surface area (Å²) in [5.41, 5.74) is 0. The molecular formula is C10H24N2. The Morgan fingerprint density at radius 3 is 2.25 bits per heavy atom. The topological polar surface area (TPSA) is 24.1 Å². The fourth-order valence-corrected chi connectivity index (χ4v) is 1.19. The standard InChI is InChI=1S/C10H24N2/c1-3-4-5-6-9-12-10-7-8-11-2/h11-12H,3-10H2,1-2H3. The van der Waals surface area contributed by atoms with E-state index in [1.54, 1.807) is 0 Å². The van der Waals surface area contributed by atoms with Gasteiger partial charge in [-0.1, -0.05) is 26.2 Å². The van der Waals surface area contributed by atoms with Gasteiger partial charge in [-0.25, -0.2) is 0 Å². The molecule has 0 spiro atoms. The SMILES string of the molecule is CCCCCCNCCCNC. The Bertz CT molecular complexity index is 64.2. The Balaban J connectivity index is 2.73.